The highest BCUT2D eigenvalue weighted by atomic mass is 19.4. The van der Waals surface area contributed by atoms with Gasteiger partial charge in [0.15, 0.2) is 0 Å². The number of hydrogen-bond donors (Lipinski definition) is 1. The molecule has 0 spiro atoms. The molecule has 51 heavy (non-hydrogen) atoms. The van der Waals surface area contributed by atoms with E-state index in [4.69, 9.17) is 9.47 Å². The Labute approximate surface area is 285 Å². The summed E-state index contributed by atoms with van der Waals surface area (Å²) in [6, 6.07) is 12.2. The first-order valence-electron chi connectivity index (χ1n) is 15.2. The number of carboxylic acid groups (broad SMARTS) is 1. The molecule has 6 nitrogen and oxygen atoms in total. The molecule has 1 heterocycles. The van der Waals surface area contributed by atoms with Crippen LogP contribution in [-0.4, -0.2) is 35.2 Å². The van der Waals surface area contributed by atoms with Crippen molar-refractivity contribution in [3.8, 4) is 28.0 Å². The van der Waals surface area contributed by atoms with E-state index in [0.29, 0.717) is 34.4 Å². The van der Waals surface area contributed by atoms with Gasteiger partial charge in [-0.05, 0) is 102 Å². The quantitative estimate of drug-likeness (QED) is 0.192. The molecule has 1 N–H and O–H groups in total. The van der Waals surface area contributed by atoms with Gasteiger partial charge in [0, 0.05) is 24.6 Å². The number of carbonyl (C=O) groups excluding carboxylic acids is 1. The van der Waals surface area contributed by atoms with Gasteiger partial charge < -0.3 is 19.5 Å². The van der Waals surface area contributed by atoms with Gasteiger partial charge >= 0.3 is 30.6 Å². The first kappa shape index (κ1) is 37.1. The molecule has 0 aromatic heterocycles. The molecule has 1 saturated heterocycles. The predicted octanol–water partition coefficient (Wildman–Crippen LogP) is 10.6. The third-order valence-electron chi connectivity index (χ3n) is 8.59. The van der Waals surface area contributed by atoms with Gasteiger partial charge in [-0.3, -0.25) is 0 Å². The molecular formula is C36H28F9NO5. The van der Waals surface area contributed by atoms with Crippen molar-refractivity contribution in [2.24, 2.45) is 0 Å². The van der Waals surface area contributed by atoms with E-state index in [9.17, 15) is 54.2 Å². The first-order chi connectivity index (χ1) is 23.7. The van der Waals surface area contributed by atoms with Crippen molar-refractivity contribution < 1.29 is 63.7 Å². The number of nitrogens with zero attached hydrogens (tertiary/aromatic N) is 1. The first-order valence-corrected chi connectivity index (χ1v) is 15.2. The van der Waals surface area contributed by atoms with E-state index in [-0.39, 0.29) is 34.9 Å². The summed E-state index contributed by atoms with van der Waals surface area (Å²) in [4.78, 5) is 25.8. The normalized spacial score (nSPS) is 16.9. The lowest BCUT2D eigenvalue weighted by Gasteiger charge is -2.38. The van der Waals surface area contributed by atoms with E-state index < -0.39 is 71.5 Å². The van der Waals surface area contributed by atoms with E-state index in [1.54, 1.807) is 31.2 Å². The van der Waals surface area contributed by atoms with Crippen LogP contribution in [0.3, 0.4) is 0 Å². The molecule has 1 amide bonds. The smallest absolute Gasteiger partial charge is 0.416 e. The monoisotopic (exact) mass is 725 g/mol. The van der Waals surface area contributed by atoms with Gasteiger partial charge in [0.2, 0.25) is 0 Å². The molecule has 4 aromatic rings. The summed E-state index contributed by atoms with van der Waals surface area (Å²) in [6.45, 7) is 2.65. The average molecular weight is 726 g/mol. The molecule has 0 radical (unpaired) electrons. The highest BCUT2D eigenvalue weighted by molar-refractivity contribution is 5.89. The lowest BCUT2D eigenvalue weighted by molar-refractivity contribution is -0.143. The van der Waals surface area contributed by atoms with Crippen molar-refractivity contribution in [3.63, 3.8) is 0 Å². The molecule has 2 atom stereocenters. The van der Waals surface area contributed by atoms with Crippen molar-refractivity contribution in [3.05, 3.63) is 112 Å². The molecule has 1 aliphatic heterocycles. The maximum absolute atomic E-state index is 13.9. The number of aryl methyl sites for hydroxylation is 1. The molecule has 0 aliphatic carbocycles. The van der Waals surface area contributed by atoms with E-state index >= 15 is 0 Å². The lowest BCUT2D eigenvalue weighted by Crippen LogP contribution is -2.44. The number of rotatable bonds is 7. The van der Waals surface area contributed by atoms with Crippen LogP contribution < -0.4 is 4.74 Å². The Hall–Kier alpha value is -5.21. The van der Waals surface area contributed by atoms with Gasteiger partial charge in [0.25, 0.3) is 0 Å². The number of carboxylic acids is 1. The van der Waals surface area contributed by atoms with Crippen molar-refractivity contribution >= 4 is 12.1 Å². The summed E-state index contributed by atoms with van der Waals surface area (Å²) in [7, 11) is 1.34. The molecule has 4 aromatic carbocycles. The molecule has 2 unspecified atom stereocenters. The van der Waals surface area contributed by atoms with Crippen LogP contribution in [0.1, 0.15) is 63.2 Å². The molecule has 15 heteroatoms. The van der Waals surface area contributed by atoms with Crippen LogP contribution in [0.4, 0.5) is 44.3 Å². The Morgan fingerprint density at radius 2 is 1.41 bits per heavy atom. The second kappa shape index (κ2) is 13.5. The van der Waals surface area contributed by atoms with Crippen LogP contribution in [-0.2, 0) is 29.8 Å². The summed E-state index contributed by atoms with van der Waals surface area (Å²) >= 11 is 0. The fourth-order valence-corrected chi connectivity index (χ4v) is 6.00. The van der Waals surface area contributed by atoms with Crippen LogP contribution in [0.5, 0.6) is 5.75 Å². The lowest BCUT2D eigenvalue weighted by atomic mass is 9.91. The topological polar surface area (TPSA) is 76.1 Å². The number of benzene rings is 4. The Kier molecular flexibility index (Phi) is 9.80. The standard InChI is InChI=1S/C36H28F9NO5/c1-18-10-21(32(47)48)4-7-27(18)20-5-9-30(50-3)29(15-20)28-8-6-24(34(37,38)39)14-23(28)17-46-19(2)11-31(51-33(46)49)22-12-25(35(40,41)42)16-26(13-22)36(43,44)45/h4-10,12-16,19,31H,11,17H2,1-3H3,(H,47,48). The third kappa shape index (κ3) is 7.92. The van der Waals surface area contributed by atoms with Crippen LogP contribution in [0.25, 0.3) is 22.3 Å². The molecule has 1 aliphatic rings. The van der Waals surface area contributed by atoms with Crippen molar-refractivity contribution in [1.29, 1.82) is 0 Å². The third-order valence-corrected chi connectivity index (χ3v) is 8.59. The number of hydrogen-bond acceptors (Lipinski definition) is 4. The van der Waals surface area contributed by atoms with Gasteiger partial charge in [-0.1, -0.05) is 18.2 Å². The van der Waals surface area contributed by atoms with E-state index in [1.807, 2.05) is 0 Å². The van der Waals surface area contributed by atoms with Gasteiger partial charge in [0.1, 0.15) is 11.9 Å². The maximum Gasteiger partial charge on any atom is 0.416 e. The summed E-state index contributed by atoms with van der Waals surface area (Å²) in [6.07, 6.45) is -18.0. The van der Waals surface area contributed by atoms with Gasteiger partial charge in [-0.2, -0.15) is 39.5 Å². The zero-order chi connectivity index (χ0) is 37.6. The van der Waals surface area contributed by atoms with Crippen LogP contribution in [0.2, 0.25) is 0 Å². The van der Waals surface area contributed by atoms with Gasteiger partial charge in [-0.25, -0.2) is 9.59 Å². The number of amides is 1. The highest BCUT2D eigenvalue weighted by Crippen LogP contribution is 2.43. The number of cyclic esters (lactones) is 1. The number of halogens is 9. The zero-order valence-corrected chi connectivity index (χ0v) is 26.9. The molecule has 0 bridgehead atoms. The van der Waals surface area contributed by atoms with Crippen molar-refractivity contribution in [2.45, 2.75) is 57.5 Å². The SMILES string of the molecule is COc1ccc(-c2ccc(C(=O)O)cc2C)cc1-c1ccc(C(F)(F)F)cc1CN1C(=O)OC(c2cc(C(F)(F)F)cc(C(F)(F)F)c2)CC1C. The minimum Gasteiger partial charge on any atom is -0.496 e. The molecular weight excluding hydrogens is 697 g/mol. The summed E-state index contributed by atoms with van der Waals surface area (Å²) < 4.78 is 134. The second-order valence-corrected chi connectivity index (χ2v) is 12.0. The Balaban J connectivity index is 1.54. The molecule has 1 fully saturated rings. The van der Waals surface area contributed by atoms with Crippen molar-refractivity contribution in [2.75, 3.05) is 7.11 Å². The Morgan fingerprint density at radius 1 is 0.804 bits per heavy atom. The number of aromatic carboxylic acids is 1. The highest BCUT2D eigenvalue weighted by Gasteiger charge is 2.40. The van der Waals surface area contributed by atoms with Crippen LogP contribution in [0, 0.1) is 6.92 Å². The Morgan fingerprint density at radius 3 is 1.94 bits per heavy atom. The van der Waals surface area contributed by atoms with E-state index in [1.165, 1.54) is 32.2 Å². The van der Waals surface area contributed by atoms with Gasteiger partial charge in [0.05, 0.1) is 29.4 Å². The van der Waals surface area contributed by atoms with E-state index in [2.05, 4.69) is 0 Å². The average Bonchev–Trinajstić information content (AvgIpc) is 3.04. The fraction of sp³-hybridized carbons (Fsp3) is 0.278. The van der Waals surface area contributed by atoms with E-state index in [0.717, 1.165) is 17.0 Å². The number of ether oxygens (including phenoxy) is 2. The number of alkyl halides is 9. The minimum atomic E-state index is -5.13. The van der Waals surface area contributed by atoms with Crippen molar-refractivity contribution in [1.82, 2.24) is 4.90 Å². The Bertz CT molecular complexity index is 1950. The predicted molar refractivity (Wildman–Crippen MR) is 166 cm³/mol. The fourth-order valence-electron chi connectivity index (χ4n) is 6.00. The largest absolute Gasteiger partial charge is 0.496 e. The number of methoxy groups -OCH3 is 1. The molecule has 0 saturated carbocycles. The van der Waals surface area contributed by atoms with Crippen LogP contribution >= 0.6 is 0 Å². The summed E-state index contributed by atoms with van der Waals surface area (Å²) in [5.41, 5.74) is -2.39. The molecule has 5 rings (SSSR count). The van der Waals surface area contributed by atoms with Gasteiger partial charge in [-0.15, -0.1) is 0 Å². The summed E-state index contributed by atoms with van der Waals surface area (Å²) in [5, 5.41) is 9.35. The zero-order valence-electron chi connectivity index (χ0n) is 26.9. The van der Waals surface area contributed by atoms with Crippen LogP contribution in [0.15, 0.2) is 72.8 Å². The second-order valence-electron chi connectivity index (χ2n) is 12.0. The minimum absolute atomic E-state index is 0.0149. The number of carbonyl (C=O) groups is 2. The summed E-state index contributed by atoms with van der Waals surface area (Å²) in [5.74, 6) is -0.883. The maximum atomic E-state index is 13.9. The molecule has 270 valence electrons.